The van der Waals surface area contributed by atoms with Crippen LogP contribution >= 0.6 is 0 Å². The average Bonchev–Trinajstić information content (AvgIpc) is 2.72. The first-order valence-electron chi connectivity index (χ1n) is 6.84. The Morgan fingerprint density at radius 3 is 2.75 bits per heavy atom. The highest BCUT2D eigenvalue weighted by Gasteiger charge is 2.47. The fourth-order valence-electron chi connectivity index (χ4n) is 3.45. The molecule has 16 heavy (non-hydrogen) atoms. The van der Waals surface area contributed by atoms with E-state index in [9.17, 15) is 4.79 Å². The van der Waals surface area contributed by atoms with E-state index in [-0.39, 0.29) is 0 Å². The van der Waals surface area contributed by atoms with E-state index in [4.69, 9.17) is 0 Å². The third-order valence-corrected chi connectivity index (χ3v) is 4.57. The molecule has 0 aromatic heterocycles. The van der Waals surface area contributed by atoms with E-state index >= 15 is 0 Å². The Morgan fingerprint density at radius 2 is 2.06 bits per heavy atom. The molecule has 3 fully saturated rings. The highest BCUT2D eigenvalue weighted by Crippen LogP contribution is 2.54. The maximum absolute atomic E-state index is 11.9. The molecule has 0 aromatic carbocycles. The summed E-state index contributed by atoms with van der Waals surface area (Å²) in [6, 6.07) is 0.650. The Morgan fingerprint density at radius 1 is 1.25 bits per heavy atom. The smallest absolute Gasteiger partial charge is 0.223 e. The first-order valence-corrected chi connectivity index (χ1v) is 6.84. The molecule has 3 atom stereocenters. The maximum Gasteiger partial charge on any atom is 0.223 e. The predicted molar refractivity (Wildman–Crippen MR) is 63.0 cm³/mol. The van der Waals surface area contributed by atoms with Crippen LogP contribution in [0.4, 0.5) is 0 Å². The predicted octanol–water partition coefficient (Wildman–Crippen LogP) is 1.29. The van der Waals surface area contributed by atoms with Gasteiger partial charge >= 0.3 is 0 Å². The van der Waals surface area contributed by atoms with Gasteiger partial charge in [0.1, 0.15) is 0 Å². The summed E-state index contributed by atoms with van der Waals surface area (Å²) in [4.78, 5) is 11.9. The van der Waals surface area contributed by atoms with Crippen LogP contribution in [0.2, 0.25) is 0 Å². The SMILES string of the molecule is O=C(NCCC1CCCN1)C1CC2CC2C1. The first-order chi connectivity index (χ1) is 7.83. The second kappa shape index (κ2) is 4.36. The van der Waals surface area contributed by atoms with Crippen molar-refractivity contribution >= 4 is 5.91 Å². The van der Waals surface area contributed by atoms with Crippen LogP contribution < -0.4 is 10.6 Å². The number of hydrogen-bond donors (Lipinski definition) is 2. The molecule has 90 valence electrons. The van der Waals surface area contributed by atoms with Gasteiger partial charge in [-0.15, -0.1) is 0 Å². The quantitative estimate of drug-likeness (QED) is 0.752. The zero-order valence-electron chi connectivity index (χ0n) is 9.87. The lowest BCUT2D eigenvalue weighted by molar-refractivity contribution is -0.125. The second-order valence-electron chi connectivity index (χ2n) is 5.80. The van der Waals surface area contributed by atoms with Crippen molar-refractivity contribution in [2.45, 2.75) is 44.6 Å². The van der Waals surface area contributed by atoms with Gasteiger partial charge in [0, 0.05) is 18.5 Å². The van der Waals surface area contributed by atoms with Gasteiger partial charge in [0.25, 0.3) is 0 Å². The Balaban J connectivity index is 1.33. The Hall–Kier alpha value is -0.570. The summed E-state index contributed by atoms with van der Waals surface area (Å²) >= 11 is 0. The van der Waals surface area contributed by atoms with Crippen LogP contribution in [0.3, 0.4) is 0 Å². The molecule has 3 rings (SSSR count). The van der Waals surface area contributed by atoms with Crippen molar-refractivity contribution in [3.8, 4) is 0 Å². The summed E-state index contributed by atoms with van der Waals surface area (Å²) in [5.74, 6) is 2.49. The lowest BCUT2D eigenvalue weighted by Crippen LogP contribution is -2.34. The number of fused-ring (bicyclic) bond motifs is 1. The fourth-order valence-corrected chi connectivity index (χ4v) is 3.45. The summed E-state index contributed by atoms with van der Waals surface area (Å²) < 4.78 is 0. The zero-order valence-corrected chi connectivity index (χ0v) is 9.87. The fraction of sp³-hybridized carbons (Fsp3) is 0.923. The number of nitrogens with one attached hydrogen (secondary N) is 2. The third-order valence-electron chi connectivity index (χ3n) is 4.57. The molecule has 1 saturated heterocycles. The Bertz CT molecular complexity index is 263. The zero-order chi connectivity index (χ0) is 11.0. The Labute approximate surface area is 97.4 Å². The molecule has 0 aromatic rings. The number of hydrogen-bond acceptors (Lipinski definition) is 2. The molecule has 3 aliphatic rings. The highest BCUT2D eigenvalue weighted by molar-refractivity contribution is 5.79. The van der Waals surface area contributed by atoms with Crippen molar-refractivity contribution in [2.24, 2.45) is 17.8 Å². The highest BCUT2D eigenvalue weighted by atomic mass is 16.1. The number of carbonyl (C=O) groups excluding carboxylic acids is 1. The van der Waals surface area contributed by atoms with Gasteiger partial charge in [0.2, 0.25) is 5.91 Å². The lowest BCUT2D eigenvalue weighted by Gasteiger charge is -2.14. The van der Waals surface area contributed by atoms with Gasteiger partial charge in [0.05, 0.1) is 0 Å². The molecule has 1 aliphatic heterocycles. The van der Waals surface area contributed by atoms with Crippen LogP contribution in [-0.4, -0.2) is 25.0 Å². The summed E-state index contributed by atoms with van der Waals surface area (Å²) in [5, 5.41) is 6.58. The van der Waals surface area contributed by atoms with Gasteiger partial charge < -0.3 is 10.6 Å². The standard InChI is InChI=1S/C13H22N2O/c16-13(11-7-9-6-10(9)8-11)15-5-3-12-2-1-4-14-12/h9-12,14H,1-8H2,(H,15,16). The van der Waals surface area contributed by atoms with Gasteiger partial charge in [-0.2, -0.15) is 0 Å². The van der Waals surface area contributed by atoms with Crippen molar-refractivity contribution in [3.05, 3.63) is 0 Å². The van der Waals surface area contributed by atoms with Crippen molar-refractivity contribution in [2.75, 3.05) is 13.1 Å². The molecule has 3 heteroatoms. The van der Waals surface area contributed by atoms with E-state index in [1.165, 1.54) is 19.3 Å². The topological polar surface area (TPSA) is 41.1 Å². The van der Waals surface area contributed by atoms with Gasteiger partial charge in [-0.05, 0) is 56.9 Å². The third kappa shape index (κ3) is 2.24. The molecule has 1 heterocycles. The van der Waals surface area contributed by atoms with Crippen LogP contribution in [-0.2, 0) is 4.79 Å². The molecule has 2 saturated carbocycles. The van der Waals surface area contributed by atoms with Gasteiger partial charge in [-0.25, -0.2) is 0 Å². The van der Waals surface area contributed by atoms with Crippen LogP contribution in [0.5, 0.6) is 0 Å². The van der Waals surface area contributed by atoms with E-state index in [0.717, 1.165) is 44.2 Å². The summed E-state index contributed by atoms with van der Waals surface area (Å²) in [6.45, 7) is 2.02. The van der Waals surface area contributed by atoms with Crippen LogP contribution in [0.15, 0.2) is 0 Å². The molecule has 0 spiro atoms. The van der Waals surface area contributed by atoms with E-state index in [1.807, 2.05) is 0 Å². The van der Waals surface area contributed by atoms with Crippen LogP contribution in [0.25, 0.3) is 0 Å². The van der Waals surface area contributed by atoms with E-state index < -0.39 is 0 Å². The molecule has 2 aliphatic carbocycles. The summed E-state index contributed by atoms with van der Waals surface area (Å²) in [6.07, 6.45) is 7.41. The van der Waals surface area contributed by atoms with Gasteiger partial charge in [0.15, 0.2) is 0 Å². The second-order valence-corrected chi connectivity index (χ2v) is 5.80. The lowest BCUT2D eigenvalue weighted by atomic mass is 10.0. The van der Waals surface area contributed by atoms with Crippen molar-refractivity contribution < 1.29 is 4.79 Å². The average molecular weight is 222 g/mol. The van der Waals surface area contributed by atoms with Crippen molar-refractivity contribution in [1.82, 2.24) is 10.6 Å². The number of rotatable bonds is 4. The van der Waals surface area contributed by atoms with E-state index in [1.54, 1.807) is 0 Å². The number of amides is 1. The summed E-state index contributed by atoms with van der Waals surface area (Å²) in [5.41, 5.74) is 0. The molecule has 0 radical (unpaired) electrons. The normalized spacial score (nSPS) is 40.8. The van der Waals surface area contributed by atoms with Crippen molar-refractivity contribution in [1.29, 1.82) is 0 Å². The van der Waals surface area contributed by atoms with Crippen LogP contribution in [0, 0.1) is 17.8 Å². The molecular formula is C13H22N2O. The summed E-state index contributed by atoms with van der Waals surface area (Å²) in [7, 11) is 0. The first kappa shape index (κ1) is 10.6. The molecule has 2 N–H and O–H groups in total. The molecule has 0 bridgehead atoms. The van der Waals surface area contributed by atoms with Gasteiger partial charge in [-0.1, -0.05) is 0 Å². The van der Waals surface area contributed by atoms with E-state index in [2.05, 4.69) is 10.6 Å². The van der Waals surface area contributed by atoms with E-state index in [0.29, 0.717) is 17.9 Å². The van der Waals surface area contributed by atoms with Crippen molar-refractivity contribution in [3.63, 3.8) is 0 Å². The van der Waals surface area contributed by atoms with Crippen LogP contribution in [0.1, 0.15) is 38.5 Å². The monoisotopic (exact) mass is 222 g/mol. The molecule has 3 nitrogen and oxygen atoms in total. The Kier molecular flexibility index (Phi) is 2.88. The molecule has 1 amide bonds. The minimum Gasteiger partial charge on any atom is -0.356 e. The minimum atomic E-state index is 0.324. The largest absolute Gasteiger partial charge is 0.356 e. The maximum atomic E-state index is 11.9. The minimum absolute atomic E-state index is 0.324. The molecular weight excluding hydrogens is 200 g/mol. The molecule has 3 unspecified atom stereocenters. The number of carbonyl (C=O) groups is 1. The van der Waals surface area contributed by atoms with Gasteiger partial charge in [-0.3, -0.25) is 4.79 Å².